The topological polar surface area (TPSA) is 300 Å². The number of carboxylic acid groups (broad SMARTS) is 4. The van der Waals surface area contributed by atoms with Gasteiger partial charge < -0.3 is 59.6 Å². The van der Waals surface area contributed by atoms with Gasteiger partial charge in [-0.25, -0.2) is 0 Å². The molecule has 6 atom stereocenters. The molecule has 0 heterocycles. The van der Waals surface area contributed by atoms with Crippen molar-refractivity contribution in [2.45, 2.75) is 24.4 Å². The Balaban J connectivity index is -0.0000000847. The van der Waals surface area contributed by atoms with Crippen LogP contribution in [0, 0.1) is 0 Å². The van der Waals surface area contributed by atoms with Gasteiger partial charge in [-0.15, -0.1) is 9.05 Å². The standard InChI is InChI=1S/2C4H5O8P.4K/c2*5-1(3(6)7)2(4(8)9)12-13(10)11;;;;/h2*1-2,5H,(H,6,7)(H,8,9);;;;/q;;4*+1/p-4. The quantitative estimate of drug-likeness (QED) is 0.180. The average Bonchev–Trinajstić information content (AvgIpc) is 2.48. The van der Waals surface area contributed by atoms with Crippen LogP contribution in [0.25, 0.3) is 0 Å². The van der Waals surface area contributed by atoms with Crippen LogP contribution < -0.4 is 236 Å². The van der Waals surface area contributed by atoms with E-state index in [1.165, 1.54) is 0 Å². The molecule has 0 saturated heterocycles. The molecule has 0 amide bonds. The van der Waals surface area contributed by atoms with E-state index in [2.05, 4.69) is 9.05 Å². The molecule has 148 valence electrons. The molecule has 30 heavy (non-hydrogen) atoms. The van der Waals surface area contributed by atoms with Crippen molar-refractivity contribution in [2.75, 3.05) is 0 Å². The van der Waals surface area contributed by atoms with Crippen LogP contribution in [0.1, 0.15) is 0 Å². The van der Waals surface area contributed by atoms with Crippen molar-refractivity contribution in [1.29, 1.82) is 0 Å². The maximum absolute atomic E-state index is 10.0. The van der Waals surface area contributed by atoms with Crippen LogP contribution in [0.4, 0.5) is 0 Å². The van der Waals surface area contributed by atoms with E-state index in [-0.39, 0.29) is 206 Å². The number of aliphatic hydroxyl groups excluding tert-OH is 2. The monoisotopic (exact) mass is 576 g/mol. The van der Waals surface area contributed by atoms with Gasteiger partial charge in [0.1, 0.15) is 12.2 Å². The summed E-state index contributed by atoms with van der Waals surface area (Å²) in [5.74, 6) is -8.69. The van der Waals surface area contributed by atoms with Crippen molar-refractivity contribution < 1.29 is 283 Å². The summed E-state index contributed by atoms with van der Waals surface area (Å²) in [6.45, 7) is 0. The van der Waals surface area contributed by atoms with Crippen LogP contribution in [0.2, 0.25) is 0 Å². The molecule has 2 N–H and O–H groups in total. The SMILES string of the molecule is O=C([O-])C(O)C(O[P+](=O)[O-])C(=O)[O-].O=C([O-])C(O)C(O[P+](=O)[O-])C(=O)[O-].[K+].[K+].[K+].[K+]. The smallest absolute Gasteiger partial charge is 0.566 e. The molecule has 0 rings (SSSR count). The van der Waals surface area contributed by atoms with E-state index in [9.17, 15) is 58.5 Å². The second-order valence-corrected chi connectivity index (χ2v) is 4.98. The Morgan fingerprint density at radius 2 is 0.800 bits per heavy atom. The summed E-state index contributed by atoms with van der Waals surface area (Å²) in [4.78, 5) is 59.5. The van der Waals surface area contributed by atoms with Crippen molar-refractivity contribution >= 4 is 40.4 Å². The van der Waals surface area contributed by atoms with E-state index in [4.69, 9.17) is 10.2 Å². The number of rotatable bonds is 10. The molecule has 0 aromatic heterocycles. The zero-order valence-corrected chi connectivity index (χ0v) is 30.1. The predicted molar refractivity (Wildman–Crippen MR) is 57.0 cm³/mol. The molecule has 0 fully saturated rings. The van der Waals surface area contributed by atoms with Crippen molar-refractivity contribution in [3.8, 4) is 0 Å². The summed E-state index contributed by atoms with van der Waals surface area (Å²) in [5.41, 5.74) is 0. The van der Waals surface area contributed by atoms with E-state index in [1.807, 2.05) is 0 Å². The number of hydrogen-bond acceptors (Lipinski definition) is 16. The fourth-order valence-electron chi connectivity index (χ4n) is 0.892. The van der Waals surface area contributed by atoms with E-state index in [1.54, 1.807) is 0 Å². The molecular formula is C8H6K4O16P2. The van der Waals surface area contributed by atoms with Gasteiger partial charge in [-0.05, 0) is 9.13 Å². The van der Waals surface area contributed by atoms with Crippen LogP contribution in [-0.2, 0) is 37.4 Å². The second kappa shape index (κ2) is 26.4. The van der Waals surface area contributed by atoms with Crippen molar-refractivity contribution in [1.82, 2.24) is 0 Å². The molecule has 22 heteroatoms. The fourth-order valence-corrected chi connectivity index (χ4v) is 1.67. The summed E-state index contributed by atoms with van der Waals surface area (Å²) in [6.07, 6.45) is -10.2. The fraction of sp³-hybridized carbons (Fsp3) is 0.500. The molecule has 0 aliphatic rings. The van der Waals surface area contributed by atoms with E-state index in [0.29, 0.717) is 0 Å². The molecule has 0 spiro atoms. The Labute approximate surface area is 339 Å². The number of carbonyl (C=O) groups is 4. The van der Waals surface area contributed by atoms with Crippen LogP contribution in [-0.4, -0.2) is 58.5 Å². The Hall–Kier alpha value is 4.39. The maximum atomic E-state index is 10.0. The average molecular weight is 576 g/mol. The van der Waals surface area contributed by atoms with Gasteiger partial charge in [0.05, 0.1) is 23.9 Å². The third-order valence-electron chi connectivity index (χ3n) is 1.92. The van der Waals surface area contributed by atoms with Gasteiger partial charge in [-0.3, -0.25) is 0 Å². The number of aliphatic hydroxyl groups is 2. The van der Waals surface area contributed by atoms with Gasteiger partial charge >= 0.3 is 222 Å². The Bertz CT molecular complexity index is 540. The first-order chi connectivity index (χ1) is 11.7. The van der Waals surface area contributed by atoms with Crippen LogP contribution in [0.15, 0.2) is 0 Å². The van der Waals surface area contributed by atoms with Gasteiger partial charge in [-0.1, -0.05) is 0 Å². The van der Waals surface area contributed by atoms with Crippen molar-refractivity contribution in [3.05, 3.63) is 0 Å². The first-order valence-corrected chi connectivity index (χ1v) is 7.73. The molecule has 0 aromatic rings. The summed E-state index contributed by atoms with van der Waals surface area (Å²) < 4.78 is 26.8. The minimum atomic E-state index is -3.60. The van der Waals surface area contributed by atoms with Crippen LogP contribution in [0.3, 0.4) is 0 Å². The second-order valence-electron chi connectivity index (χ2n) is 3.67. The Morgan fingerprint density at radius 3 is 0.900 bits per heavy atom. The Kier molecular flexibility index (Phi) is 41.9. The molecule has 6 unspecified atom stereocenters. The summed E-state index contributed by atoms with van der Waals surface area (Å²) in [6, 6.07) is 0. The normalized spacial score (nSPS) is 13.9. The third-order valence-corrected chi connectivity index (χ3v) is 2.72. The van der Waals surface area contributed by atoms with Gasteiger partial charge in [0, 0.05) is 0 Å². The van der Waals surface area contributed by atoms with Gasteiger partial charge in [0.25, 0.3) is 0 Å². The molecule has 0 aliphatic heterocycles. The molecule has 0 aliphatic carbocycles. The molecule has 0 radical (unpaired) electrons. The van der Waals surface area contributed by atoms with Gasteiger partial charge in [0.15, 0.2) is 12.2 Å². The van der Waals surface area contributed by atoms with Crippen molar-refractivity contribution in [2.24, 2.45) is 0 Å². The molecular weight excluding hydrogens is 570 g/mol. The van der Waals surface area contributed by atoms with E-state index < -0.39 is 64.8 Å². The maximum Gasteiger partial charge on any atom is 1.00 e. The predicted octanol–water partition coefficient (Wildman–Crippen LogP) is -21.5. The van der Waals surface area contributed by atoms with Gasteiger partial charge in [0.2, 0.25) is 0 Å². The van der Waals surface area contributed by atoms with Crippen LogP contribution >= 0.6 is 16.5 Å². The molecule has 16 nitrogen and oxygen atoms in total. The third kappa shape index (κ3) is 24.1. The molecule has 0 bridgehead atoms. The molecule has 0 aromatic carbocycles. The van der Waals surface area contributed by atoms with Gasteiger partial charge in [-0.2, -0.15) is 0 Å². The zero-order valence-electron chi connectivity index (χ0n) is 15.8. The summed E-state index contributed by atoms with van der Waals surface area (Å²) in [5, 5.41) is 56.9. The summed E-state index contributed by atoms with van der Waals surface area (Å²) in [7, 11) is -7.20. The minimum Gasteiger partial charge on any atom is -0.566 e. The number of carboxylic acids is 4. The number of aliphatic carboxylic acids is 4. The number of hydrogen-bond donors (Lipinski definition) is 2. The van der Waals surface area contributed by atoms with E-state index in [0.717, 1.165) is 0 Å². The van der Waals surface area contributed by atoms with Crippen LogP contribution in [0.5, 0.6) is 0 Å². The largest absolute Gasteiger partial charge is 1.00 e. The first kappa shape index (κ1) is 47.6. The van der Waals surface area contributed by atoms with E-state index >= 15 is 0 Å². The minimum absolute atomic E-state index is 0. The Morgan fingerprint density at radius 1 is 0.600 bits per heavy atom. The summed E-state index contributed by atoms with van der Waals surface area (Å²) >= 11 is 0. The zero-order chi connectivity index (χ0) is 21.2. The number of carbonyl (C=O) groups excluding carboxylic acids is 4. The van der Waals surface area contributed by atoms with Crippen molar-refractivity contribution in [3.63, 3.8) is 0 Å². The molecule has 0 saturated carbocycles. The first-order valence-electron chi connectivity index (χ1n) is 5.54.